The zero-order chi connectivity index (χ0) is 29.5. The summed E-state index contributed by atoms with van der Waals surface area (Å²) in [5.74, 6) is -0.604. The SMILES string of the molecule is O=C(C=Cc1cc(Cl)ccc1-n1cnnn1)N[C@@H](Cc1ccccc1)C(=O)Nc1ccc(N2CCS(=O)(=O)CC2)cc1. The van der Waals surface area contributed by atoms with E-state index >= 15 is 0 Å². The Morgan fingerprint density at radius 2 is 1.74 bits per heavy atom. The Hall–Kier alpha value is -4.55. The molecule has 5 rings (SSSR count). The largest absolute Gasteiger partial charge is 0.369 e. The number of rotatable bonds is 9. The van der Waals surface area contributed by atoms with Crippen molar-refractivity contribution in [3.05, 3.63) is 101 Å². The van der Waals surface area contributed by atoms with Gasteiger partial charge in [-0.3, -0.25) is 9.59 Å². The van der Waals surface area contributed by atoms with Gasteiger partial charge in [0.1, 0.15) is 12.4 Å². The van der Waals surface area contributed by atoms with Crippen LogP contribution in [0.15, 0.2) is 85.2 Å². The summed E-state index contributed by atoms with van der Waals surface area (Å²) in [6.45, 7) is 0.859. The van der Waals surface area contributed by atoms with E-state index in [1.807, 2.05) is 47.4 Å². The van der Waals surface area contributed by atoms with Crippen LogP contribution in [-0.4, -0.2) is 71.1 Å². The summed E-state index contributed by atoms with van der Waals surface area (Å²) in [4.78, 5) is 28.4. The molecule has 11 nitrogen and oxygen atoms in total. The lowest BCUT2D eigenvalue weighted by molar-refractivity contribution is -0.123. The molecule has 0 unspecified atom stereocenters. The van der Waals surface area contributed by atoms with E-state index in [2.05, 4.69) is 26.2 Å². The summed E-state index contributed by atoms with van der Waals surface area (Å²) in [5, 5.41) is 17.4. The van der Waals surface area contributed by atoms with E-state index in [-0.39, 0.29) is 23.8 Å². The number of aromatic nitrogens is 4. The van der Waals surface area contributed by atoms with E-state index in [0.717, 1.165) is 11.3 Å². The summed E-state index contributed by atoms with van der Waals surface area (Å²) < 4.78 is 24.9. The maximum Gasteiger partial charge on any atom is 0.247 e. The number of sulfone groups is 1. The fourth-order valence-electron chi connectivity index (χ4n) is 4.54. The van der Waals surface area contributed by atoms with Gasteiger partial charge in [-0.2, -0.15) is 4.68 Å². The summed E-state index contributed by atoms with van der Waals surface area (Å²) in [6, 6.07) is 20.9. The van der Waals surface area contributed by atoms with Crippen molar-refractivity contribution in [1.29, 1.82) is 0 Å². The van der Waals surface area contributed by atoms with Gasteiger partial charge >= 0.3 is 0 Å². The molecule has 3 aromatic carbocycles. The van der Waals surface area contributed by atoms with Crippen molar-refractivity contribution >= 4 is 50.7 Å². The van der Waals surface area contributed by atoms with Gasteiger partial charge in [0.2, 0.25) is 11.8 Å². The molecule has 1 saturated heterocycles. The minimum Gasteiger partial charge on any atom is -0.369 e. The minimum atomic E-state index is -2.98. The maximum absolute atomic E-state index is 13.4. The average molecular weight is 606 g/mol. The number of anilines is 2. The summed E-state index contributed by atoms with van der Waals surface area (Å²) in [6.07, 6.45) is 4.63. The molecule has 2 N–H and O–H groups in total. The van der Waals surface area contributed by atoms with E-state index in [4.69, 9.17) is 11.6 Å². The Bertz CT molecular complexity index is 1660. The number of halogens is 1. The van der Waals surface area contributed by atoms with Crippen molar-refractivity contribution in [3.63, 3.8) is 0 Å². The van der Waals surface area contributed by atoms with Crippen LogP contribution in [0.1, 0.15) is 11.1 Å². The zero-order valence-electron chi connectivity index (χ0n) is 22.4. The summed E-state index contributed by atoms with van der Waals surface area (Å²) >= 11 is 6.18. The van der Waals surface area contributed by atoms with Gasteiger partial charge in [-0.15, -0.1) is 5.10 Å². The lowest BCUT2D eigenvalue weighted by Gasteiger charge is -2.28. The van der Waals surface area contributed by atoms with Crippen LogP contribution in [-0.2, 0) is 25.8 Å². The van der Waals surface area contributed by atoms with Gasteiger partial charge in [-0.05, 0) is 64.5 Å². The lowest BCUT2D eigenvalue weighted by Crippen LogP contribution is -2.44. The molecule has 216 valence electrons. The third kappa shape index (κ3) is 7.59. The van der Waals surface area contributed by atoms with E-state index in [1.54, 1.807) is 36.4 Å². The van der Waals surface area contributed by atoms with Crippen molar-refractivity contribution in [2.45, 2.75) is 12.5 Å². The van der Waals surface area contributed by atoms with Crippen molar-refractivity contribution in [2.75, 3.05) is 34.8 Å². The molecule has 4 aromatic rings. The van der Waals surface area contributed by atoms with Crippen LogP contribution in [0.25, 0.3) is 11.8 Å². The van der Waals surface area contributed by atoms with Crippen LogP contribution in [0.3, 0.4) is 0 Å². The van der Waals surface area contributed by atoms with Crippen LogP contribution >= 0.6 is 11.6 Å². The first-order valence-corrected chi connectivity index (χ1v) is 15.4. The standard InChI is InChI=1S/C29H28ClN7O4S/c30-23-7-12-27(37-20-31-34-35-37)22(19-23)6-13-28(38)33-26(18-21-4-2-1-3-5-21)29(39)32-24-8-10-25(11-9-24)36-14-16-42(40,41)17-15-36/h1-13,19-20,26H,14-18H2,(H,32,39)(H,33,38)/t26-/m0/s1. The van der Waals surface area contributed by atoms with Gasteiger partial charge in [-0.1, -0.05) is 41.9 Å². The first-order chi connectivity index (χ1) is 20.3. The van der Waals surface area contributed by atoms with Crippen LogP contribution < -0.4 is 15.5 Å². The van der Waals surface area contributed by atoms with Crippen LogP contribution in [0.2, 0.25) is 5.02 Å². The first kappa shape index (κ1) is 29.0. The van der Waals surface area contributed by atoms with Crippen molar-refractivity contribution in [1.82, 2.24) is 25.5 Å². The molecule has 1 aromatic heterocycles. The molecule has 0 radical (unpaired) electrons. The van der Waals surface area contributed by atoms with E-state index in [9.17, 15) is 18.0 Å². The van der Waals surface area contributed by atoms with Gasteiger partial charge in [0, 0.05) is 47.5 Å². The quantitative estimate of drug-likeness (QED) is 0.278. The van der Waals surface area contributed by atoms with Crippen molar-refractivity contribution in [3.8, 4) is 5.69 Å². The number of nitrogens with zero attached hydrogens (tertiary/aromatic N) is 5. The van der Waals surface area contributed by atoms with Crippen molar-refractivity contribution < 1.29 is 18.0 Å². The lowest BCUT2D eigenvalue weighted by atomic mass is 10.0. The molecule has 1 fully saturated rings. The molecule has 0 bridgehead atoms. The van der Waals surface area contributed by atoms with Gasteiger partial charge in [-0.25, -0.2) is 8.42 Å². The molecule has 2 amide bonds. The molecule has 1 atom stereocenters. The van der Waals surface area contributed by atoms with Gasteiger partial charge < -0.3 is 15.5 Å². The summed E-state index contributed by atoms with van der Waals surface area (Å²) in [5.41, 5.74) is 3.56. The topological polar surface area (TPSA) is 139 Å². The highest BCUT2D eigenvalue weighted by Gasteiger charge is 2.23. The number of carbonyl (C=O) groups excluding carboxylic acids is 2. The van der Waals surface area contributed by atoms with Crippen LogP contribution in [0.5, 0.6) is 0 Å². The Balaban J connectivity index is 1.28. The third-order valence-electron chi connectivity index (χ3n) is 6.76. The monoisotopic (exact) mass is 605 g/mol. The Morgan fingerprint density at radius 3 is 2.43 bits per heavy atom. The number of hydrogen-bond acceptors (Lipinski definition) is 8. The van der Waals surface area contributed by atoms with E-state index in [1.165, 1.54) is 17.1 Å². The Morgan fingerprint density at radius 1 is 1.00 bits per heavy atom. The van der Waals surface area contributed by atoms with Crippen LogP contribution in [0, 0.1) is 0 Å². The summed E-state index contributed by atoms with van der Waals surface area (Å²) in [7, 11) is -2.98. The first-order valence-electron chi connectivity index (χ1n) is 13.2. The molecule has 0 saturated carbocycles. The molecule has 0 spiro atoms. The highest BCUT2D eigenvalue weighted by atomic mass is 35.5. The average Bonchev–Trinajstić information content (AvgIpc) is 3.52. The second kappa shape index (κ2) is 13.0. The molecule has 13 heteroatoms. The molecular weight excluding hydrogens is 578 g/mol. The normalized spacial score (nSPS) is 15.3. The maximum atomic E-state index is 13.4. The smallest absolute Gasteiger partial charge is 0.247 e. The van der Waals surface area contributed by atoms with Gasteiger partial charge in [0.25, 0.3) is 0 Å². The third-order valence-corrected chi connectivity index (χ3v) is 8.60. The molecule has 0 aliphatic carbocycles. The molecular formula is C29H28ClN7O4S. The number of carbonyl (C=O) groups is 2. The minimum absolute atomic E-state index is 0.122. The molecule has 2 heterocycles. The fourth-order valence-corrected chi connectivity index (χ4v) is 5.92. The Kier molecular flexibility index (Phi) is 8.94. The predicted molar refractivity (Wildman–Crippen MR) is 161 cm³/mol. The number of nitrogens with one attached hydrogen (secondary N) is 2. The second-order valence-corrected chi connectivity index (χ2v) is 12.5. The molecule has 1 aliphatic heterocycles. The number of benzene rings is 3. The van der Waals surface area contributed by atoms with Gasteiger partial charge in [0.15, 0.2) is 9.84 Å². The highest BCUT2D eigenvalue weighted by Crippen LogP contribution is 2.22. The van der Waals surface area contributed by atoms with Crippen molar-refractivity contribution in [2.24, 2.45) is 0 Å². The Labute approximate surface area is 248 Å². The van der Waals surface area contributed by atoms with Crippen LogP contribution in [0.4, 0.5) is 11.4 Å². The van der Waals surface area contributed by atoms with E-state index < -0.39 is 21.8 Å². The van der Waals surface area contributed by atoms with E-state index in [0.29, 0.717) is 35.1 Å². The zero-order valence-corrected chi connectivity index (χ0v) is 24.0. The van der Waals surface area contributed by atoms with Gasteiger partial charge in [0.05, 0.1) is 17.2 Å². The highest BCUT2D eigenvalue weighted by molar-refractivity contribution is 7.91. The number of tetrazole rings is 1. The number of hydrogen-bond donors (Lipinski definition) is 2. The number of amides is 2. The second-order valence-electron chi connectivity index (χ2n) is 9.72. The molecule has 42 heavy (non-hydrogen) atoms. The molecule has 1 aliphatic rings. The predicted octanol–water partition coefficient (Wildman–Crippen LogP) is 2.93. The fraction of sp³-hybridized carbons (Fsp3) is 0.207.